The lowest BCUT2D eigenvalue weighted by Gasteiger charge is -2.28. The van der Waals surface area contributed by atoms with E-state index in [9.17, 15) is 5.11 Å². The predicted molar refractivity (Wildman–Crippen MR) is 68.4 cm³/mol. The summed E-state index contributed by atoms with van der Waals surface area (Å²) in [6.07, 6.45) is 3.36. The molecule has 0 saturated heterocycles. The molecule has 0 heterocycles. The normalized spacial score (nSPS) is 23.5. The maximum atomic E-state index is 9.90. The third-order valence-electron chi connectivity index (χ3n) is 3.28. The van der Waals surface area contributed by atoms with Gasteiger partial charge in [-0.25, -0.2) is 0 Å². The molecule has 0 spiro atoms. The maximum absolute atomic E-state index is 9.90. The Morgan fingerprint density at radius 1 is 0.944 bits per heavy atom. The van der Waals surface area contributed by atoms with E-state index in [4.69, 9.17) is 14.2 Å². The molecule has 1 aromatic rings. The van der Waals surface area contributed by atoms with E-state index in [1.165, 1.54) is 0 Å². The standard InChI is InChI=1S/C14H20O4/c1-16-10-7-11(17-2)9-12(8-10)18-14-6-4-3-5-13(14)15/h7-9,13-15H,3-6H2,1-2H3/t13-,14-/m0/s1. The highest BCUT2D eigenvalue weighted by molar-refractivity contribution is 5.42. The molecule has 0 bridgehead atoms. The Balaban J connectivity index is 2.12. The van der Waals surface area contributed by atoms with Gasteiger partial charge in [-0.05, 0) is 19.3 Å². The van der Waals surface area contributed by atoms with Crippen LogP contribution in [0.1, 0.15) is 25.7 Å². The van der Waals surface area contributed by atoms with Crippen molar-refractivity contribution in [1.82, 2.24) is 0 Å². The average Bonchev–Trinajstić information content (AvgIpc) is 2.41. The first-order valence-electron chi connectivity index (χ1n) is 6.30. The minimum absolute atomic E-state index is 0.129. The van der Waals surface area contributed by atoms with Crippen LogP contribution in [-0.2, 0) is 0 Å². The van der Waals surface area contributed by atoms with Gasteiger partial charge in [0.05, 0.1) is 20.3 Å². The van der Waals surface area contributed by atoms with E-state index < -0.39 is 0 Å². The molecule has 1 aliphatic carbocycles. The molecule has 1 N–H and O–H groups in total. The van der Waals surface area contributed by atoms with E-state index in [1.54, 1.807) is 20.3 Å². The van der Waals surface area contributed by atoms with Crippen LogP contribution in [-0.4, -0.2) is 31.5 Å². The number of rotatable bonds is 4. The minimum Gasteiger partial charge on any atom is -0.496 e. The summed E-state index contributed by atoms with van der Waals surface area (Å²) in [6, 6.07) is 5.41. The summed E-state index contributed by atoms with van der Waals surface area (Å²) in [7, 11) is 3.21. The van der Waals surface area contributed by atoms with Gasteiger partial charge < -0.3 is 19.3 Å². The summed E-state index contributed by atoms with van der Waals surface area (Å²) in [4.78, 5) is 0. The number of aliphatic hydroxyl groups is 1. The number of hydrogen-bond acceptors (Lipinski definition) is 4. The van der Waals surface area contributed by atoms with Crippen molar-refractivity contribution in [2.24, 2.45) is 0 Å². The van der Waals surface area contributed by atoms with E-state index in [-0.39, 0.29) is 12.2 Å². The number of aliphatic hydroxyl groups excluding tert-OH is 1. The molecule has 0 aromatic heterocycles. The number of methoxy groups -OCH3 is 2. The molecular weight excluding hydrogens is 232 g/mol. The SMILES string of the molecule is COc1cc(OC)cc(O[C@H]2CCCC[C@@H]2O)c1. The molecule has 1 saturated carbocycles. The Morgan fingerprint density at radius 3 is 2.06 bits per heavy atom. The first-order valence-corrected chi connectivity index (χ1v) is 6.30. The fraction of sp³-hybridized carbons (Fsp3) is 0.571. The number of hydrogen-bond donors (Lipinski definition) is 1. The quantitative estimate of drug-likeness (QED) is 0.893. The zero-order valence-electron chi connectivity index (χ0n) is 10.9. The second-order valence-electron chi connectivity index (χ2n) is 4.56. The van der Waals surface area contributed by atoms with E-state index in [2.05, 4.69) is 0 Å². The number of benzene rings is 1. The monoisotopic (exact) mass is 252 g/mol. The van der Waals surface area contributed by atoms with Crippen molar-refractivity contribution in [1.29, 1.82) is 0 Å². The smallest absolute Gasteiger partial charge is 0.127 e. The Labute approximate surface area is 107 Å². The Morgan fingerprint density at radius 2 is 1.50 bits per heavy atom. The Hall–Kier alpha value is -1.42. The summed E-state index contributed by atoms with van der Waals surface area (Å²) in [5.74, 6) is 2.06. The van der Waals surface area contributed by atoms with Gasteiger partial charge in [-0.15, -0.1) is 0 Å². The van der Waals surface area contributed by atoms with Crippen LogP contribution in [0.4, 0.5) is 0 Å². The second kappa shape index (κ2) is 5.96. The molecule has 4 heteroatoms. The summed E-state index contributed by atoms with van der Waals surface area (Å²) in [5.41, 5.74) is 0. The van der Waals surface area contributed by atoms with Crippen molar-refractivity contribution in [3.8, 4) is 17.2 Å². The molecule has 1 aromatic carbocycles. The van der Waals surface area contributed by atoms with Crippen LogP contribution in [0, 0.1) is 0 Å². The van der Waals surface area contributed by atoms with E-state index >= 15 is 0 Å². The minimum atomic E-state index is -0.379. The van der Waals surface area contributed by atoms with Gasteiger partial charge >= 0.3 is 0 Å². The highest BCUT2D eigenvalue weighted by Crippen LogP contribution is 2.30. The molecule has 0 amide bonds. The van der Waals surface area contributed by atoms with E-state index in [0.717, 1.165) is 25.7 Å². The van der Waals surface area contributed by atoms with Crippen LogP contribution in [0.5, 0.6) is 17.2 Å². The molecule has 2 atom stereocenters. The van der Waals surface area contributed by atoms with Gasteiger partial charge in [-0.1, -0.05) is 6.42 Å². The highest BCUT2D eigenvalue weighted by Gasteiger charge is 2.24. The molecule has 100 valence electrons. The third-order valence-corrected chi connectivity index (χ3v) is 3.28. The van der Waals surface area contributed by atoms with Crippen LogP contribution >= 0.6 is 0 Å². The lowest BCUT2D eigenvalue weighted by atomic mass is 9.95. The highest BCUT2D eigenvalue weighted by atomic mass is 16.5. The van der Waals surface area contributed by atoms with Gasteiger partial charge in [0.2, 0.25) is 0 Å². The Bertz CT molecular complexity index is 369. The number of ether oxygens (including phenoxy) is 3. The maximum Gasteiger partial charge on any atom is 0.127 e. The van der Waals surface area contributed by atoms with Crippen molar-refractivity contribution in [2.45, 2.75) is 37.9 Å². The Kier molecular flexibility index (Phi) is 4.31. The lowest BCUT2D eigenvalue weighted by molar-refractivity contribution is 0.00668. The van der Waals surface area contributed by atoms with Gasteiger partial charge in [0.25, 0.3) is 0 Å². The third kappa shape index (κ3) is 3.07. The van der Waals surface area contributed by atoms with Crippen molar-refractivity contribution < 1.29 is 19.3 Å². The predicted octanol–water partition coefficient (Wildman–Crippen LogP) is 2.39. The molecule has 18 heavy (non-hydrogen) atoms. The van der Waals surface area contributed by atoms with Crippen LogP contribution in [0.2, 0.25) is 0 Å². The molecular formula is C14H20O4. The lowest BCUT2D eigenvalue weighted by Crippen LogP contribution is -2.34. The van der Waals surface area contributed by atoms with Crippen molar-refractivity contribution in [3.05, 3.63) is 18.2 Å². The molecule has 0 aliphatic heterocycles. The van der Waals surface area contributed by atoms with Gasteiger partial charge in [0, 0.05) is 18.2 Å². The van der Waals surface area contributed by atoms with Gasteiger partial charge in [0.15, 0.2) is 0 Å². The molecule has 1 aliphatic rings. The first kappa shape index (κ1) is 13.0. The zero-order valence-corrected chi connectivity index (χ0v) is 10.9. The van der Waals surface area contributed by atoms with Crippen LogP contribution in [0.25, 0.3) is 0 Å². The van der Waals surface area contributed by atoms with Crippen LogP contribution in [0.15, 0.2) is 18.2 Å². The van der Waals surface area contributed by atoms with Gasteiger partial charge in [0.1, 0.15) is 23.4 Å². The molecule has 0 radical (unpaired) electrons. The summed E-state index contributed by atoms with van der Waals surface area (Å²) in [6.45, 7) is 0. The molecule has 2 rings (SSSR count). The van der Waals surface area contributed by atoms with Crippen LogP contribution < -0.4 is 14.2 Å². The first-order chi connectivity index (χ1) is 8.72. The van der Waals surface area contributed by atoms with E-state index in [0.29, 0.717) is 17.2 Å². The molecule has 0 unspecified atom stereocenters. The molecule has 4 nitrogen and oxygen atoms in total. The van der Waals surface area contributed by atoms with E-state index in [1.807, 2.05) is 12.1 Å². The van der Waals surface area contributed by atoms with Crippen molar-refractivity contribution in [2.75, 3.05) is 14.2 Å². The fourth-order valence-electron chi connectivity index (χ4n) is 2.24. The summed E-state index contributed by atoms with van der Waals surface area (Å²) in [5, 5.41) is 9.90. The molecule has 1 fully saturated rings. The van der Waals surface area contributed by atoms with Gasteiger partial charge in [-0.3, -0.25) is 0 Å². The summed E-state index contributed by atoms with van der Waals surface area (Å²) >= 11 is 0. The van der Waals surface area contributed by atoms with Crippen molar-refractivity contribution in [3.63, 3.8) is 0 Å². The fourth-order valence-corrected chi connectivity index (χ4v) is 2.24. The zero-order chi connectivity index (χ0) is 13.0. The average molecular weight is 252 g/mol. The second-order valence-corrected chi connectivity index (χ2v) is 4.56. The van der Waals surface area contributed by atoms with Crippen molar-refractivity contribution >= 4 is 0 Å². The largest absolute Gasteiger partial charge is 0.496 e. The topological polar surface area (TPSA) is 47.9 Å². The van der Waals surface area contributed by atoms with Crippen LogP contribution in [0.3, 0.4) is 0 Å². The van der Waals surface area contributed by atoms with Gasteiger partial charge in [-0.2, -0.15) is 0 Å². The summed E-state index contributed by atoms with van der Waals surface area (Å²) < 4.78 is 16.2.